The second-order valence-electron chi connectivity index (χ2n) is 5.72. The number of rotatable bonds is 4. The molecule has 2 rings (SSSR count). The van der Waals surface area contributed by atoms with Crippen LogP contribution in [0.3, 0.4) is 0 Å². The van der Waals surface area contributed by atoms with E-state index in [0.29, 0.717) is 5.92 Å². The number of nitrogen functional groups attached to an aromatic ring is 1. The Morgan fingerprint density at radius 3 is 2.52 bits per heavy atom. The Morgan fingerprint density at radius 1 is 1.29 bits per heavy atom. The van der Waals surface area contributed by atoms with Gasteiger partial charge in [-0.1, -0.05) is 26.2 Å². The van der Waals surface area contributed by atoms with E-state index in [1.165, 1.54) is 19.3 Å². The molecule has 1 aromatic rings. The summed E-state index contributed by atoms with van der Waals surface area (Å²) in [6.45, 7) is 2.04. The topological polar surface area (TPSA) is 50.9 Å². The summed E-state index contributed by atoms with van der Waals surface area (Å²) in [7, 11) is 0. The Morgan fingerprint density at radius 2 is 1.95 bits per heavy atom. The van der Waals surface area contributed by atoms with Crippen molar-refractivity contribution in [3.8, 4) is 0 Å². The van der Waals surface area contributed by atoms with Crippen LogP contribution in [0.4, 0.5) is 24.8 Å². The molecule has 0 aromatic carbocycles. The van der Waals surface area contributed by atoms with E-state index in [0.717, 1.165) is 31.4 Å². The Bertz CT molecular complexity index is 468. The highest BCUT2D eigenvalue weighted by molar-refractivity contribution is 5.48. The molecule has 21 heavy (non-hydrogen) atoms. The lowest BCUT2D eigenvalue weighted by Crippen LogP contribution is -2.30. The molecule has 3 N–H and O–H groups in total. The number of hydrogen-bond donors (Lipinski definition) is 2. The largest absolute Gasteiger partial charge is 0.416 e. The Kier molecular flexibility index (Phi) is 4.96. The van der Waals surface area contributed by atoms with Crippen molar-refractivity contribution in [3.63, 3.8) is 0 Å². The van der Waals surface area contributed by atoms with E-state index in [1.54, 1.807) is 0 Å². The van der Waals surface area contributed by atoms with Gasteiger partial charge >= 0.3 is 6.18 Å². The number of pyridine rings is 1. The highest BCUT2D eigenvalue weighted by Crippen LogP contribution is 2.33. The first kappa shape index (κ1) is 15.9. The van der Waals surface area contributed by atoms with Crippen molar-refractivity contribution < 1.29 is 13.2 Å². The van der Waals surface area contributed by atoms with Gasteiger partial charge in [0.2, 0.25) is 0 Å². The van der Waals surface area contributed by atoms with Gasteiger partial charge in [0, 0.05) is 6.04 Å². The number of nitrogens with zero attached hydrogens (tertiary/aromatic N) is 1. The van der Waals surface area contributed by atoms with Gasteiger partial charge in [0.25, 0.3) is 0 Å². The molecule has 1 aliphatic carbocycles. The number of nitrogens with one attached hydrogen (secondary N) is 1. The molecule has 0 bridgehead atoms. The molecule has 0 radical (unpaired) electrons. The summed E-state index contributed by atoms with van der Waals surface area (Å²) in [6.07, 6.45) is 2.35. The van der Waals surface area contributed by atoms with Gasteiger partial charge in [-0.05, 0) is 37.3 Å². The summed E-state index contributed by atoms with van der Waals surface area (Å²) in [4.78, 5) is 4.00. The van der Waals surface area contributed by atoms with Gasteiger partial charge < -0.3 is 11.1 Å². The zero-order valence-electron chi connectivity index (χ0n) is 12.2. The van der Waals surface area contributed by atoms with Crippen LogP contribution in [0.25, 0.3) is 0 Å². The van der Waals surface area contributed by atoms with Crippen molar-refractivity contribution in [2.75, 3.05) is 11.1 Å². The van der Waals surface area contributed by atoms with Crippen LogP contribution in [0.15, 0.2) is 12.1 Å². The number of nitrogens with two attached hydrogens (primary N) is 1. The van der Waals surface area contributed by atoms with Crippen LogP contribution in [0, 0.1) is 5.92 Å². The lowest BCUT2D eigenvalue weighted by atomic mass is 9.83. The molecule has 1 heterocycles. The van der Waals surface area contributed by atoms with Crippen LogP contribution in [0.2, 0.25) is 0 Å². The van der Waals surface area contributed by atoms with Gasteiger partial charge in [0.1, 0.15) is 11.6 Å². The number of anilines is 2. The highest BCUT2D eigenvalue weighted by atomic mass is 19.4. The summed E-state index contributed by atoms with van der Waals surface area (Å²) in [5.41, 5.74) is 4.75. The van der Waals surface area contributed by atoms with Gasteiger partial charge in [-0.15, -0.1) is 0 Å². The van der Waals surface area contributed by atoms with E-state index in [1.807, 2.05) is 6.92 Å². The van der Waals surface area contributed by atoms with E-state index < -0.39 is 11.7 Å². The van der Waals surface area contributed by atoms with E-state index in [2.05, 4.69) is 10.3 Å². The zero-order valence-corrected chi connectivity index (χ0v) is 12.2. The monoisotopic (exact) mass is 301 g/mol. The molecule has 1 atom stereocenters. The first-order valence-corrected chi connectivity index (χ1v) is 7.51. The maximum absolute atomic E-state index is 12.8. The fourth-order valence-electron chi connectivity index (χ4n) is 3.07. The lowest BCUT2D eigenvalue weighted by Gasteiger charge is -2.30. The summed E-state index contributed by atoms with van der Waals surface area (Å²) < 4.78 is 38.4. The molecular formula is C15H22F3N3. The molecular weight excluding hydrogens is 279 g/mol. The second kappa shape index (κ2) is 6.54. The molecule has 6 heteroatoms. The van der Waals surface area contributed by atoms with Gasteiger partial charge in [0.05, 0.1) is 5.56 Å². The molecule has 1 saturated carbocycles. The molecule has 0 saturated heterocycles. The lowest BCUT2D eigenvalue weighted by molar-refractivity contribution is -0.137. The molecule has 1 fully saturated rings. The SMILES string of the molecule is CCC(Nc1cc(C(F)(F)F)cc(N)n1)C1CCCCC1. The van der Waals surface area contributed by atoms with Gasteiger partial charge in [-0.25, -0.2) is 4.98 Å². The standard InChI is InChI=1S/C15H22F3N3/c1-2-12(10-6-4-3-5-7-10)20-14-9-11(15(16,17)18)8-13(19)21-14/h8-10,12H,2-7H2,1H3,(H3,19,20,21). The highest BCUT2D eigenvalue weighted by Gasteiger charge is 2.32. The molecule has 1 aliphatic rings. The first-order valence-electron chi connectivity index (χ1n) is 7.51. The number of alkyl halides is 3. The van der Waals surface area contributed by atoms with Crippen molar-refractivity contribution in [2.24, 2.45) is 5.92 Å². The Labute approximate surface area is 123 Å². The van der Waals surface area contributed by atoms with Crippen LogP contribution >= 0.6 is 0 Å². The predicted molar refractivity (Wildman–Crippen MR) is 77.9 cm³/mol. The maximum atomic E-state index is 12.8. The van der Waals surface area contributed by atoms with Crippen molar-refractivity contribution in [2.45, 2.75) is 57.7 Å². The fourth-order valence-corrected chi connectivity index (χ4v) is 3.07. The summed E-state index contributed by atoms with van der Waals surface area (Å²) in [6, 6.07) is 2.06. The molecule has 1 aromatic heterocycles. The zero-order chi connectivity index (χ0) is 15.5. The van der Waals surface area contributed by atoms with Crippen LogP contribution < -0.4 is 11.1 Å². The smallest absolute Gasteiger partial charge is 0.384 e. The maximum Gasteiger partial charge on any atom is 0.416 e. The van der Waals surface area contributed by atoms with Gasteiger partial charge in [-0.3, -0.25) is 0 Å². The first-order chi connectivity index (χ1) is 9.90. The predicted octanol–water partition coefficient (Wildman–Crippen LogP) is 4.45. The summed E-state index contributed by atoms with van der Waals surface area (Å²) >= 11 is 0. The quantitative estimate of drug-likeness (QED) is 0.863. The molecule has 3 nitrogen and oxygen atoms in total. The van der Waals surface area contributed by atoms with E-state index >= 15 is 0 Å². The van der Waals surface area contributed by atoms with Crippen LogP contribution in [-0.4, -0.2) is 11.0 Å². The molecule has 1 unspecified atom stereocenters. The van der Waals surface area contributed by atoms with E-state index in [-0.39, 0.29) is 17.7 Å². The molecule has 0 amide bonds. The third-order valence-corrected chi connectivity index (χ3v) is 4.16. The van der Waals surface area contributed by atoms with Crippen LogP contribution in [0.5, 0.6) is 0 Å². The normalized spacial score (nSPS) is 18.5. The Hall–Kier alpha value is -1.46. The van der Waals surface area contributed by atoms with Gasteiger partial charge in [0.15, 0.2) is 0 Å². The van der Waals surface area contributed by atoms with E-state index in [4.69, 9.17) is 5.73 Å². The average molecular weight is 301 g/mol. The van der Waals surface area contributed by atoms with Crippen molar-refractivity contribution >= 4 is 11.6 Å². The van der Waals surface area contributed by atoms with E-state index in [9.17, 15) is 13.2 Å². The van der Waals surface area contributed by atoms with Crippen molar-refractivity contribution in [1.82, 2.24) is 4.98 Å². The second-order valence-corrected chi connectivity index (χ2v) is 5.72. The third-order valence-electron chi connectivity index (χ3n) is 4.16. The summed E-state index contributed by atoms with van der Waals surface area (Å²) in [5, 5.41) is 3.16. The van der Waals surface area contributed by atoms with Gasteiger partial charge in [-0.2, -0.15) is 13.2 Å². The number of hydrogen-bond acceptors (Lipinski definition) is 3. The van der Waals surface area contributed by atoms with Crippen LogP contribution in [0.1, 0.15) is 51.0 Å². The molecule has 118 valence electrons. The Balaban J connectivity index is 2.15. The molecule has 0 spiro atoms. The minimum absolute atomic E-state index is 0.106. The minimum atomic E-state index is -4.40. The van der Waals surface area contributed by atoms with Crippen molar-refractivity contribution in [1.29, 1.82) is 0 Å². The molecule has 0 aliphatic heterocycles. The third kappa shape index (κ3) is 4.25. The fraction of sp³-hybridized carbons (Fsp3) is 0.667. The summed E-state index contributed by atoms with van der Waals surface area (Å²) in [5.74, 6) is 0.617. The van der Waals surface area contributed by atoms with Crippen LogP contribution in [-0.2, 0) is 6.18 Å². The minimum Gasteiger partial charge on any atom is -0.384 e. The average Bonchev–Trinajstić information content (AvgIpc) is 2.44. The number of aromatic nitrogens is 1. The van der Waals surface area contributed by atoms with Crippen molar-refractivity contribution in [3.05, 3.63) is 17.7 Å². The number of halogens is 3.